The number of carbonyl (C=O) groups is 1. The van der Waals surface area contributed by atoms with Gasteiger partial charge in [-0.05, 0) is 45.0 Å². The van der Waals surface area contributed by atoms with Gasteiger partial charge in [0.1, 0.15) is 0 Å². The Balaban J connectivity index is 1.76. The van der Waals surface area contributed by atoms with Gasteiger partial charge in [-0.3, -0.25) is 14.8 Å². The van der Waals surface area contributed by atoms with E-state index in [4.69, 9.17) is 13.9 Å². The number of rotatable bonds is 8. The molecule has 0 unspecified atom stereocenters. The largest absolute Gasteiger partial charge is 0.490 e. The number of ether oxygens (including phenoxy) is 2. The third-order valence-electron chi connectivity index (χ3n) is 3.63. The predicted octanol–water partition coefficient (Wildman–Crippen LogP) is 3.00. The topological polar surface area (TPSA) is 104 Å². The molecule has 0 bridgehead atoms. The van der Waals surface area contributed by atoms with E-state index in [0.717, 1.165) is 0 Å². The van der Waals surface area contributed by atoms with Gasteiger partial charge in [-0.15, -0.1) is 5.10 Å². The van der Waals surface area contributed by atoms with E-state index in [2.05, 4.69) is 20.6 Å². The van der Waals surface area contributed by atoms with Gasteiger partial charge in [0.25, 0.3) is 5.91 Å². The number of carbonyl (C=O) groups excluding carboxylic acids is 1. The van der Waals surface area contributed by atoms with Crippen molar-refractivity contribution in [2.24, 2.45) is 0 Å². The fourth-order valence-electron chi connectivity index (χ4n) is 2.39. The van der Waals surface area contributed by atoms with Crippen LogP contribution in [0.2, 0.25) is 0 Å². The summed E-state index contributed by atoms with van der Waals surface area (Å²) in [5, 5.41) is 14.5. The second kappa shape index (κ2) is 8.35. The summed E-state index contributed by atoms with van der Waals surface area (Å²) in [7, 11) is 0. The van der Waals surface area contributed by atoms with Gasteiger partial charge < -0.3 is 13.9 Å². The van der Waals surface area contributed by atoms with Gasteiger partial charge in [0.15, 0.2) is 17.2 Å². The summed E-state index contributed by atoms with van der Waals surface area (Å²) in [6, 6.07) is 6.94. The average Bonchev–Trinajstić information content (AvgIpc) is 3.33. The maximum atomic E-state index is 12.2. The Bertz CT molecular complexity index is 918. The molecule has 0 fully saturated rings. The molecular weight excluding hydrogens is 350 g/mol. The number of hydrogen-bond acceptors (Lipinski definition) is 7. The van der Waals surface area contributed by atoms with Crippen molar-refractivity contribution in [1.82, 2.24) is 20.0 Å². The summed E-state index contributed by atoms with van der Waals surface area (Å²) in [5.74, 6) is 1.07. The Morgan fingerprint density at radius 3 is 2.59 bits per heavy atom. The first-order chi connectivity index (χ1) is 13.1. The maximum Gasteiger partial charge on any atom is 0.322 e. The molecule has 0 atom stereocenters. The summed E-state index contributed by atoms with van der Waals surface area (Å²) < 4.78 is 18.3. The van der Waals surface area contributed by atoms with E-state index in [1.807, 2.05) is 20.8 Å². The number of aromatic nitrogens is 4. The Hall–Kier alpha value is -3.36. The Morgan fingerprint density at radius 1 is 1.11 bits per heavy atom. The van der Waals surface area contributed by atoms with Gasteiger partial charge in [0.05, 0.1) is 13.2 Å². The predicted molar refractivity (Wildman–Crippen MR) is 97.9 cm³/mol. The number of benzene rings is 1. The van der Waals surface area contributed by atoms with Crippen molar-refractivity contribution >= 4 is 11.9 Å². The lowest BCUT2D eigenvalue weighted by Gasteiger charge is -2.11. The molecule has 1 aromatic carbocycles. The molecule has 3 rings (SSSR count). The van der Waals surface area contributed by atoms with E-state index in [0.29, 0.717) is 36.8 Å². The molecule has 0 saturated heterocycles. The van der Waals surface area contributed by atoms with Crippen LogP contribution in [0.5, 0.6) is 11.5 Å². The lowest BCUT2D eigenvalue weighted by molar-refractivity contribution is 0.101. The highest BCUT2D eigenvalue weighted by Crippen LogP contribution is 2.32. The average molecular weight is 371 g/mol. The first kappa shape index (κ1) is 18.4. The third kappa shape index (κ3) is 4.25. The van der Waals surface area contributed by atoms with Crippen LogP contribution in [0.3, 0.4) is 0 Å². The fourth-order valence-corrected chi connectivity index (χ4v) is 2.39. The second-order valence-corrected chi connectivity index (χ2v) is 5.45. The molecule has 2 aromatic heterocycles. The van der Waals surface area contributed by atoms with Gasteiger partial charge in [-0.1, -0.05) is 5.10 Å². The van der Waals surface area contributed by atoms with Crippen LogP contribution in [0.4, 0.5) is 6.01 Å². The summed E-state index contributed by atoms with van der Waals surface area (Å²) in [6.45, 7) is 7.44. The van der Waals surface area contributed by atoms with Crippen LogP contribution < -0.4 is 14.8 Å². The Labute approximate surface area is 156 Å². The Morgan fingerprint density at radius 2 is 1.89 bits per heavy atom. The number of nitrogens with one attached hydrogen (secondary N) is 1. The fraction of sp³-hybridized carbons (Fsp3) is 0.333. The lowest BCUT2D eigenvalue weighted by Crippen LogP contribution is -2.13. The molecule has 1 amide bonds. The second-order valence-electron chi connectivity index (χ2n) is 5.45. The molecule has 3 aromatic rings. The molecule has 0 aliphatic heterocycles. The van der Waals surface area contributed by atoms with E-state index in [1.165, 1.54) is 0 Å². The van der Waals surface area contributed by atoms with Crippen LogP contribution >= 0.6 is 0 Å². The number of aryl methyl sites for hydroxylation is 1. The van der Waals surface area contributed by atoms with Crippen molar-refractivity contribution < 1.29 is 18.7 Å². The molecule has 0 spiro atoms. The first-order valence-corrected chi connectivity index (χ1v) is 8.72. The number of anilines is 1. The number of hydrogen-bond donors (Lipinski definition) is 1. The van der Waals surface area contributed by atoms with Crippen molar-refractivity contribution in [3.63, 3.8) is 0 Å². The van der Waals surface area contributed by atoms with Crippen LogP contribution in [-0.2, 0) is 6.54 Å². The zero-order chi connectivity index (χ0) is 19.2. The molecule has 0 aliphatic carbocycles. The normalized spacial score (nSPS) is 10.6. The van der Waals surface area contributed by atoms with Crippen molar-refractivity contribution in [3.05, 3.63) is 36.2 Å². The van der Waals surface area contributed by atoms with E-state index in [9.17, 15) is 4.79 Å². The van der Waals surface area contributed by atoms with E-state index in [-0.39, 0.29) is 17.6 Å². The highest BCUT2D eigenvalue weighted by molar-refractivity contribution is 6.01. The summed E-state index contributed by atoms with van der Waals surface area (Å²) in [6.07, 6.45) is 1.73. The minimum atomic E-state index is -0.418. The molecule has 9 nitrogen and oxygen atoms in total. The van der Waals surface area contributed by atoms with Gasteiger partial charge >= 0.3 is 6.01 Å². The summed E-state index contributed by atoms with van der Waals surface area (Å²) in [4.78, 5) is 12.2. The molecular formula is C18H21N5O4. The molecule has 0 radical (unpaired) electrons. The molecule has 0 aliphatic rings. The van der Waals surface area contributed by atoms with Gasteiger partial charge in [0, 0.05) is 18.3 Å². The first-order valence-electron chi connectivity index (χ1n) is 8.72. The molecule has 1 N–H and O–H groups in total. The minimum absolute atomic E-state index is 0.00658. The van der Waals surface area contributed by atoms with Crippen molar-refractivity contribution in [1.29, 1.82) is 0 Å². The van der Waals surface area contributed by atoms with Gasteiger partial charge in [-0.25, -0.2) is 0 Å². The van der Waals surface area contributed by atoms with Crippen LogP contribution in [0.15, 0.2) is 34.9 Å². The smallest absolute Gasteiger partial charge is 0.322 e. The minimum Gasteiger partial charge on any atom is -0.490 e. The number of nitrogens with zero attached hydrogens (tertiary/aromatic N) is 4. The van der Waals surface area contributed by atoms with E-state index >= 15 is 0 Å². The monoisotopic (exact) mass is 371 g/mol. The van der Waals surface area contributed by atoms with Gasteiger partial charge in [0.2, 0.25) is 5.89 Å². The van der Waals surface area contributed by atoms with Crippen molar-refractivity contribution in [3.8, 4) is 23.0 Å². The summed E-state index contributed by atoms with van der Waals surface area (Å²) >= 11 is 0. The van der Waals surface area contributed by atoms with Crippen LogP contribution in [-0.4, -0.2) is 39.1 Å². The SMILES string of the molecule is CCOc1ccc(-c2nnc(NC(=O)c3ccn(CC)n3)o2)cc1OCC. The Kier molecular flexibility index (Phi) is 5.70. The van der Waals surface area contributed by atoms with Crippen molar-refractivity contribution in [2.75, 3.05) is 18.5 Å². The zero-order valence-electron chi connectivity index (χ0n) is 15.4. The highest BCUT2D eigenvalue weighted by Gasteiger charge is 2.16. The molecule has 9 heteroatoms. The molecule has 0 saturated carbocycles. The van der Waals surface area contributed by atoms with Gasteiger partial charge in [-0.2, -0.15) is 5.10 Å². The summed E-state index contributed by atoms with van der Waals surface area (Å²) in [5.41, 5.74) is 0.932. The van der Waals surface area contributed by atoms with E-state index < -0.39 is 5.91 Å². The van der Waals surface area contributed by atoms with E-state index in [1.54, 1.807) is 35.1 Å². The standard InChI is InChI=1S/C18H21N5O4/c1-4-23-10-9-13(22-23)16(24)19-18-21-20-17(27-18)12-7-8-14(25-5-2)15(11-12)26-6-3/h7-11H,4-6H2,1-3H3,(H,19,21,24). The molecule has 2 heterocycles. The van der Waals surface area contributed by atoms with Crippen LogP contribution in [0.25, 0.3) is 11.5 Å². The quantitative estimate of drug-likeness (QED) is 0.649. The zero-order valence-corrected chi connectivity index (χ0v) is 15.4. The lowest BCUT2D eigenvalue weighted by atomic mass is 10.2. The third-order valence-corrected chi connectivity index (χ3v) is 3.63. The molecule has 142 valence electrons. The van der Waals surface area contributed by atoms with Crippen LogP contribution in [0, 0.1) is 0 Å². The molecule has 27 heavy (non-hydrogen) atoms. The van der Waals surface area contributed by atoms with Crippen LogP contribution in [0.1, 0.15) is 31.3 Å². The highest BCUT2D eigenvalue weighted by atomic mass is 16.5. The van der Waals surface area contributed by atoms with Crippen molar-refractivity contribution in [2.45, 2.75) is 27.3 Å². The number of amides is 1. The maximum absolute atomic E-state index is 12.2.